The van der Waals surface area contributed by atoms with Crippen LogP contribution in [0, 0.1) is 0 Å². The topological polar surface area (TPSA) is 34.6 Å². The van der Waals surface area contributed by atoms with Crippen LogP contribution in [-0.4, -0.2) is 42.3 Å². The van der Waals surface area contributed by atoms with E-state index in [2.05, 4.69) is 30.9 Å². The van der Waals surface area contributed by atoms with Crippen LogP contribution in [0.15, 0.2) is 24.4 Å². The smallest absolute Gasteiger partial charge is 0.124 e. The van der Waals surface area contributed by atoms with E-state index < -0.39 is 0 Å². The molecule has 2 aliphatic rings. The van der Waals surface area contributed by atoms with Crippen LogP contribution in [0.4, 0.5) is 0 Å². The average Bonchev–Trinajstić information content (AvgIpc) is 3.36. The number of methoxy groups -OCH3 is 1. The van der Waals surface area contributed by atoms with Gasteiger partial charge in [0.05, 0.1) is 25.8 Å². The number of rotatable bonds is 4. The Balaban J connectivity index is 1.79. The molecule has 0 unspecified atom stereocenters. The Bertz CT molecular complexity index is 753. The summed E-state index contributed by atoms with van der Waals surface area (Å²) in [7, 11) is 1.76. The highest BCUT2D eigenvalue weighted by atomic mass is 16.5. The molecule has 2 aromatic rings. The number of pyridine rings is 1. The molecule has 1 saturated heterocycles. The molecule has 1 saturated carbocycles. The molecule has 2 fully saturated rings. The van der Waals surface area contributed by atoms with E-state index in [1.54, 1.807) is 7.11 Å². The van der Waals surface area contributed by atoms with Crippen LogP contribution in [0.2, 0.25) is 0 Å². The lowest BCUT2D eigenvalue weighted by Crippen LogP contribution is -2.46. The first-order valence-corrected chi connectivity index (χ1v) is 8.92. The van der Waals surface area contributed by atoms with E-state index in [-0.39, 0.29) is 5.54 Å². The van der Waals surface area contributed by atoms with E-state index >= 15 is 0 Å². The zero-order valence-electron chi connectivity index (χ0n) is 14.8. The molecule has 2 heterocycles. The second-order valence-corrected chi connectivity index (χ2v) is 7.40. The summed E-state index contributed by atoms with van der Waals surface area (Å²) in [6, 6.07) is 6.46. The second-order valence-electron chi connectivity index (χ2n) is 7.40. The third-order valence-electron chi connectivity index (χ3n) is 5.51. The molecule has 24 heavy (non-hydrogen) atoms. The summed E-state index contributed by atoms with van der Waals surface area (Å²) in [5.41, 5.74) is 3.89. The van der Waals surface area contributed by atoms with Crippen LogP contribution in [0.3, 0.4) is 0 Å². The number of nitrogens with zero attached hydrogens (tertiary/aromatic N) is 2. The van der Waals surface area contributed by atoms with Crippen LogP contribution in [0.5, 0.6) is 5.75 Å². The first kappa shape index (κ1) is 15.9. The number of benzene rings is 1. The fourth-order valence-corrected chi connectivity index (χ4v) is 3.99. The van der Waals surface area contributed by atoms with Gasteiger partial charge in [-0.15, -0.1) is 0 Å². The van der Waals surface area contributed by atoms with Crippen molar-refractivity contribution in [2.24, 2.45) is 0 Å². The van der Waals surface area contributed by atoms with Gasteiger partial charge < -0.3 is 9.47 Å². The highest BCUT2D eigenvalue weighted by molar-refractivity contribution is 5.87. The zero-order chi connectivity index (χ0) is 16.7. The van der Waals surface area contributed by atoms with Crippen LogP contribution in [0.25, 0.3) is 10.9 Å². The van der Waals surface area contributed by atoms with Crippen LogP contribution in [-0.2, 0) is 11.3 Å². The van der Waals surface area contributed by atoms with Gasteiger partial charge in [0, 0.05) is 35.8 Å². The summed E-state index contributed by atoms with van der Waals surface area (Å²) in [5.74, 6) is 1.34. The van der Waals surface area contributed by atoms with Gasteiger partial charge in [-0.1, -0.05) is 19.9 Å². The maximum atomic E-state index is 5.73. The summed E-state index contributed by atoms with van der Waals surface area (Å²) in [6.45, 7) is 8.07. The van der Waals surface area contributed by atoms with Crippen molar-refractivity contribution in [1.82, 2.24) is 9.88 Å². The lowest BCUT2D eigenvalue weighted by Gasteiger charge is -2.36. The third kappa shape index (κ3) is 2.58. The molecular weight excluding hydrogens is 300 g/mol. The van der Waals surface area contributed by atoms with E-state index in [1.165, 1.54) is 29.4 Å². The van der Waals surface area contributed by atoms with E-state index in [0.29, 0.717) is 5.92 Å². The number of hydrogen-bond donors (Lipinski definition) is 0. The lowest BCUT2D eigenvalue weighted by atomic mass is 9.94. The molecule has 0 N–H and O–H groups in total. The minimum Gasteiger partial charge on any atom is -0.496 e. The molecule has 1 aromatic heterocycles. The Morgan fingerprint density at radius 3 is 2.92 bits per heavy atom. The third-order valence-corrected chi connectivity index (χ3v) is 5.51. The van der Waals surface area contributed by atoms with Gasteiger partial charge in [-0.05, 0) is 36.5 Å². The Labute approximate surface area is 143 Å². The number of ether oxygens (including phenoxy) is 2. The van der Waals surface area contributed by atoms with Gasteiger partial charge in [0.1, 0.15) is 5.75 Å². The van der Waals surface area contributed by atoms with Crippen molar-refractivity contribution in [1.29, 1.82) is 0 Å². The van der Waals surface area contributed by atoms with Gasteiger partial charge in [0.15, 0.2) is 0 Å². The van der Waals surface area contributed by atoms with Crippen LogP contribution in [0.1, 0.15) is 43.7 Å². The quantitative estimate of drug-likeness (QED) is 0.857. The number of fused-ring (bicyclic) bond motifs is 1. The standard InChI is InChI=1S/C20H26N2O2/c1-14(2)18-17(23-3)11-15(16-5-4-8-21-19(16)18)12-22-9-10-24-13-20(22)6-7-20/h4-5,8,11,14H,6-7,9-10,12-13H2,1-3H3. The normalized spacial score (nSPS) is 20.0. The molecule has 1 aliphatic carbocycles. The molecule has 128 valence electrons. The minimum absolute atomic E-state index is 0.288. The fraction of sp³-hybridized carbons (Fsp3) is 0.550. The lowest BCUT2D eigenvalue weighted by molar-refractivity contribution is -0.0243. The Morgan fingerprint density at radius 1 is 1.38 bits per heavy atom. The van der Waals surface area contributed by atoms with Gasteiger partial charge in [-0.2, -0.15) is 0 Å². The Kier molecular flexibility index (Phi) is 3.97. The molecule has 0 radical (unpaired) electrons. The molecular formula is C20H26N2O2. The predicted octanol–water partition coefficient (Wildman–Crippen LogP) is 3.73. The minimum atomic E-state index is 0.288. The first-order chi connectivity index (χ1) is 11.6. The van der Waals surface area contributed by atoms with E-state index in [9.17, 15) is 0 Å². The Hall–Kier alpha value is -1.65. The molecule has 4 nitrogen and oxygen atoms in total. The molecule has 1 spiro atoms. The first-order valence-electron chi connectivity index (χ1n) is 8.92. The number of aromatic nitrogens is 1. The summed E-state index contributed by atoms with van der Waals surface area (Å²) in [5, 5.41) is 1.25. The monoisotopic (exact) mass is 326 g/mol. The fourth-order valence-electron chi connectivity index (χ4n) is 3.99. The van der Waals surface area contributed by atoms with E-state index in [4.69, 9.17) is 14.5 Å². The maximum absolute atomic E-state index is 5.73. The highest BCUT2D eigenvalue weighted by Gasteiger charge is 2.49. The molecule has 1 aromatic carbocycles. The summed E-state index contributed by atoms with van der Waals surface area (Å²) in [6.07, 6.45) is 4.39. The van der Waals surface area contributed by atoms with Crippen molar-refractivity contribution in [3.05, 3.63) is 35.5 Å². The van der Waals surface area contributed by atoms with Gasteiger partial charge in [-0.25, -0.2) is 0 Å². The summed E-state index contributed by atoms with van der Waals surface area (Å²) < 4.78 is 11.4. The average molecular weight is 326 g/mol. The predicted molar refractivity (Wildman–Crippen MR) is 95.6 cm³/mol. The summed E-state index contributed by atoms with van der Waals surface area (Å²) >= 11 is 0. The van der Waals surface area contributed by atoms with Gasteiger partial charge in [0.25, 0.3) is 0 Å². The SMILES string of the molecule is COc1cc(CN2CCOCC23CC3)c2cccnc2c1C(C)C. The highest BCUT2D eigenvalue weighted by Crippen LogP contribution is 2.45. The molecule has 0 bridgehead atoms. The van der Waals surface area contributed by atoms with Crippen LogP contribution >= 0.6 is 0 Å². The largest absolute Gasteiger partial charge is 0.496 e. The van der Waals surface area contributed by atoms with Crippen molar-refractivity contribution < 1.29 is 9.47 Å². The van der Waals surface area contributed by atoms with Crippen LogP contribution < -0.4 is 4.74 Å². The summed E-state index contributed by atoms with van der Waals surface area (Å²) in [4.78, 5) is 7.30. The molecule has 0 atom stereocenters. The molecule has 0 amide bonds. The molecule has 1 aliphatic heterocycles. The molecule has 4 heteroatoms. The second kappa shape index (κ2) is 6.01. The van der Waals surface area contributed by atoms with E-state index in [1.807, 2.05) is 12.3 Å². The van der Waals surface area contributed by atoms with Gasteiger partial charge >= 0.3 is 0 Å². The maximum Gasteiger partial charge on any atom is 0.124 e. The molecule has 4 rings (SSSR count). The zero-order valence-corrected chi connectivity index (χ0v) is 14.8. The van der Waals surface area contributed by atoms with E-state index in [0.717, 1.165) is 37.6 Å². The number of morpholine rings is 1. The number of hydrogen-bond acceptors (Lipinski definition) is 4. The van der Waals surface area contributed by atoms with Gasteiger partial charge in [-0.3, -0.25) is 9.88 Å². The van der Waals surface area contributed by atoms with Crippen molar-refractivity contribution >= 4 is 10.9 Å². The van der Waals surface area contributed by atoms with Crippen molar-refractivity contribution in [3.8, 4) is 5.75 Å². The van der Waals surface area contributed by atoms with Crippen molar-refractivity contribution in [3.63, 3.8) is 0 Å². The van der Waals surface area contributed by atoms with Gasteiger partial charge in [0.2, 0.25) is 0 Å². The van der Waals surface area contributed by atoms with Crippen molar-refractivity contribution in [2.75, 3.05) is 26.9 Å². The Morgan fingerprint density at radius 2 is 2.21 bits per heavy atom. The van der Waals surface area contributed by atoms with Crippen molar-refractivity contribution in [2.45, 2.75) is 44.7 Å².